The summed E-state index contributed by atoms with van der Waals surface area (Å²) in [6.45, 7) is 5.18. The SMILES string of the molecule is CC/C=C\C/C=C\C/C=C\C/C=C\CCCCCCCCCCCCC(=O)OC(CO)COCCCCCCCC. The minimum absolute atomic E-state index is 0.174. The topological polar surface area (TPSA) is 55.8 Å². The van der Waals surface area contributed by atoms with Crippen LogP contribution in [-0.4, -0.2) is 37.0 Å². The van der Waals surface area contributed by atoms with Crippen LogP contribution in [0.1, 0.15) is 155 Å². The number of carbonyl (C=O) groups excluding carboxylic acids is 1. The number of hydrogen-bond acceptors (Lipinski definition) is 4. The molecular weight excluding hydrogens is 508 g/mol. The van der Waals surface area contributed by atoms with Gasteiger partial charge in [-0.2, -0.15) is 0 Å². The molecule has 0 aromatic carbocycles. The summed E-state index contributed by atoms with van der Waals surface area (Å²) >= 11 is 0. The Morgan fingerprint density at radius 1 is 0.610 bits per heavy atom. The first-order valence-corrected chi connectivity index (χ1v) is 17.2. The summed E-state index contributed by atoms with van der Waals surface area (Å²) in [5.41, 5.74) is 0. The van der Waals surface area contributed by atoms with Gasteiger partial charge in [0.25, 0.3) is 0 Å². The summed E-state index contributed by atoms with van der Waals surface area (Å²) in [4.78, 5) is 12.1. The van der Waals surface area contributed by atoms with Gasteiger partial charge in [-0.3, -0.25) is 4.79 Å². The molecule has 0 saturated carbocycles. The lowest BCUT2D eigenvalue weighted by molar-refractivity contribution is -0.154. The van der Waals surface area contributed by atoms with Gasteiger partial charge >= 0.3 is 5.97 Å². The molecule has 41 heavy (non-hydrogen) atoms. The summed E-state index contributed by atoms with van der Waals surface area (Å²) in [6, 6.07) is 0. The molecule has 0 radical (unpaired) electrons. The highest BCUT2D eigenvalue weighted by Crippen LogP contribution is 2.13. The first-order chi connectivity index (χ1) is 20.2. The number of hydrogen-bond donors (Lipinski definition) is 1. The summed E-state index contributed by atoms with van der Waals surface area (Å²) in [5, 5.41) is 9.47. The Labute approximate surface area is 254 Å². The van der Waals surface area contributed by atoms with E-state index in [0.29, 0.717) is 19.6 Å². The van der Waals surface area contributed by atoms with Gasteiger partial charge in [-0.05, 0) is 51.4 Å². The minimum atomic E-state index is -0.531. The van der Waals surface area contributed by atoms with Crippen LogP contribution in [0.15, 0.2) is 48.6 Å². The van der Waals surface area contributed by atoms with Crippen molar-refractivity contribution < 1.29 is 19.4 Å². The molecule has 0 saturated heterocycles. The monoisotopic (exact) mass is 574 g/mol. The second-order valence-electron chi connectivity index (χ2n) is 11.2. The number of aliphatic hydroxyl groups is 1. The minimum Gasteiger partial charge on any atom is -0.457 e. The van der Waals surface area contributed by atoms with E-state index in [1.807, 2.05) is 0 Å². The second-order valence-corrected chi connectivity index (χ2v) is 11.2. The van der Waals surface area contributed by atoms with E-state index in [2.05, 4.69) is 62.5 Å². The zero-order valence-corrected chi connectivity index (χ0v) is 27.0. The summed E-state index contributed by atoms with van der Waals surface area (Å²) in [7, 11) is 0. The molecule has 1 atom stereocenters. The molecular formula is C37H66O4. The molecule has 0 spiro atoms. The Morgan fingerprint density at radius 3 is 1.66 bits per heavy atom. The molecule has 0 aromatic rings. The van der Waals surface area contributed by atoms with Crippen molar-refractivity contribution in [3.8, 4) is 0 Å². The van der Waals surface area contributed by atoms with Crippen LogP contribution >= 0.6 is 0 Å². The third kappa shape index (κ3) is 32.7. The maximum absolute atomic E-state index is 12.1. The highest BCUT2D eigenvalue weighted by atomic mass is 16.6. The van der Waals surface area contributed by atoms with Crippen molar-refractivity contribution >= 4 is 5.97 Å². The molecule has 0 aliphatic heterocycles. The van der Waals surface area contributed by atoms with Crippen LogP contribution in [0, 0.1) is 0 Å². The van der Waals surface area contributed by atoms with Crippen LogP contribution in [0.4, 0.5) is 0 Å². The Bertz CT molecular complexity index is 649. The van der Waals surface area contributed by atoms with Gasteiger partial charge in [0.15, 0.2) is 0 Å². The fourth-order valence-corrected chi connectivity index (χ4v) is 4.61. The Kier molecular flexibility index (Phi) is 33.2. The van der Waals surface area contributed by atoms with Crippen LogP contribution in [0.2, 0.25) is 0 Å². The van der Waals surface area contributed by atoms with Crippen molar-refractivity contribution in [2.45, 2.75) is 161 Å². The predicted octanol–water partition coefficient (Wildman–Crippen LogP) is 10.8. The molecule has 238 valence electrons. The molecule has 0 amide bonds. The molecule has 0 bridgehead atoms. The Morgan fingerprint density at radius 2 is 1.10 bits per heavy atom. The van der Waals surface area contributed by atoms with Crippen molar-refractivity contribution in [1.29, 1.82) is 0 Å². The van der Waals surface area contributed by atoms with Gasteiger partial charge in [0.2, 0.25) is 0 Å². The van der Waals surface area contributed by atoms with Gasteiger partial charge < -0.3 is 14.6 Å². The van der Waals surface area contributed by atoms with Crippen molar-refractivity contribution in [3.05, 3.63) is 48.6 Å². The maximum Gasteiger partial charge on any atom is 0.306 e. The number of esters is 1. The van der Waals surface area contributed by atoms with Crippen LogP contribution < -0.4 is 0 Å². The first kappa shape index (κ1) is 39.4. The van der Waals surface area contributed by atoms with Crippen LogP contribution in [0.25, 0.3) is 0 Å². The molecule has 1 unspecified atom stereocenters. The van der Waals surface area contributed by atoms with E-state index >= 15 is 0 Å². The van der Waals surface area contributed by atoms with Gasteiger partial charge in [-0.15, -0.1) is 0 Å². The molecule has 4 nitrogen and oxygen atoms in total. The van der Waals surface area contributed by atoms with E-state index in [4.69, 9.17) is 9.47 Å². The fourth-order valence-electron chi connectivity index (χ4n) is 4.61. The highest BCUT2D eigenvalue weighted by Gasteiger charge is 2.13. The number of aliphatic hydroxyl groups excluding tert-OH is 1. The normalized spacial score (nSPS) is 13.0. The molecule has 0 aliphatic rings. The molecule has 1 N–H and O–H groups in total. The van der Waals surface area contributed by atoms with Gasteiger partial charge in [-0.25, -0.2) is 0 Å². The Hall–Kier alpha value is -1.65. The van der Waals surface area contributed by atoms with Gasteiger partial charge in [-0.1, -0.05) is 146 Å². The molecule has 0 rings (SSSR count). The number of rotatable bonds is 31. The number of unbranched alkanes of at least 4 members (excludes halogenated alkanes) is 15. The average Bonchev–Trinajstić information content (AvgIpc) is 2.98. The molecule has 0 aromatic heterocycles. The third-order valence-electron chi connectivity index (χ3n) is 7.17. The summed E-state index contributed by atoms with van der Waals surface area (Å²) in [5.74, 6) is -0.211. The lowest BCUT2D eigenvalue weighted by Crippen LogP contribution is -2.27. The van der Waals surface area contributed by atoms with Crippen molar-refractivity contribution in [1.82, 2.24) is 0 Å². The molecule has 0 heterocycles. The van der Waals surface area contributed by atoms with Crippen molar-refractivity contribution in [3.63, 3.8) is 0 Å². The number of allylic oxidation sites excluding steroid dienone is 8. The summed E-state index contributed by atoms with van der Waals surface area (Å²) in [6.07, 6.45) is 43.0. The second kappa shape index (κ2) is 34.6. The maximum atomic E-state index is 12.1. The molecule has 0 aliphatic carbocycles. The third-order valence-corrected chi connectivity index (χ3v) is 7.17. The van der Waals surface area contributed by atoms with Gasteiger partial charge in [0.05, 0.1) is 13.2 Å². The van der Waals surface area contributed by atoms with Gasteiger partial charge in [0.1, 0.15) is 6.10 Å². The van der Waals surface area contributed by atoms with E-state index in [1.54, 1.807) is 0 Å². The van der Waals surface area contributed by atoms with Crippen molar-refractivity contribution in [2.24, 2.45) is 0 Å². The Balaban J connectivity index is 3.44. The predicted molar refractivity (Wildman–Crippen MR) is 177 cm³/mol. The first-order valence-electron chi connectivity index (χ1n) is 17.2. The van der Waals surface area contributed by atoms with Crippen LogP contribution in [0.5, 0.6) is 0 Å². The average molecular weight is 575 g/mol. The molecule has 0 fully saturated rings. The lowest BCUT2D eigenvalue weighted by Gasteiger charge is -2.15. The van der Waals surface area contributed by atoms with E-state index < -0.39 is 6.10 Å². The van der Waals surface area contributed by atoms with Crippen molar-refractivity contribution in [2.75, 3.05) is 19.8 Å². The number of carbonyl (C=O) groups is 1. The molecule has 4 heteroatoms. The fraction of sp³-hybridized carbons (Fsp3) is 0.757. The smallest absolute Gasteiger partial charge is 0.306 e. The number of ether oxygens (including phenoxy) is 2. The standard InChI is InChI=1S/C37H66O4/c1-3-5-7-9-11-12-13-14-15-16-17-18-19-20-21-22-23-24-25-26-27-28-30-32-37(39)41-36(34-38)35-40-33-31-29-10-8-6-4-2/h5,7,11-12,14-15,17-18,36,38H,3-4,6,8-10,13,16,19-35H2,1-2H3/b7-5-,12-11-,15-14-,18-17-. The zero-order chi connectivity index (χ0) is 29.9. The van der Waals surface area contributed by atoms with E-state index in [1.165, 1.54) is 89.9 Å². The highest BCUT2D eigenvalue weighted by molar-refractivity contribution is 5.69. The van der Waals surface area contributed by atoms with E-state index in [0.717, 1.165) is 44.9 Å². The van der Waals surface area contributed by atoms with E-state index in [9.17, 15) is 9.90 Å². The largest absolute Gasteiger partial charge is 0.457 e. The zero-order valence-electron chi connectivity index (χ0n) is 27.0. The van der Waals surface area contributed by atoms with Gasteiger partial charge in [0, 0.05) is 13.0 Å². The quantitative estimate of drug-likeness (QED) is 0.0508. The van der Waals surface area contributed by atoms with E-state index in [-0.39, 0.29) is 12.6 Å². The lowest BCUT2D eigenvalue weighted by atomic mass is 10.0. The summed E-state index contributed by atoms with van der Waals surface area (Å²) < 4.78 is 11.0. The van der Waals surface area contributed by atoms with Crippen LogP contribution in [0.3, 0.4) is 0 Å². The van der Waals surface area contributed by atoms with Crippen LogP contribution in [-0.2, 0) is 14.3 Å².